The van der Waals surface area contributed by atoms with Crippen LogP contribution in [0.5, 0.6) is 0 Å². The molecule has 0 radical (unpaired) electrons. The summed E-state index contributed by atoms with van der Waals surface area (Å²) in [6.07, 6.45) is 1.02. The lowest BCUT2D eigenvalue weighted by atomic mass is 10.0. The van der Waals surface area contributed by atoms with E-state index in [1.165, 1.54) is 0 Å². The summed E-state index contributed by atoms with van der Waals surface area (Å²) in [5, 5.41) is 41.2. The van der Waals surface area contributed by atoms with Crippen molar-refractivity contribution in [3.63, 3.8) is 0 Å². The molecule has 0 aromatic heterocycles. The summed E-state index contributed by atoms with van der Waals surface area (Å²) in [4.78, 5) is 50.4. The third-order valence-electron chi connectivity index (χ3n) is 2.19. The van der Waals surface area contributed by atoms with Crippen molar-refractivity contribution in [1.29, 1.82) is 0 Å². The number of hydrogen-bond donors (Lipinski definition) is 5. The van der Waals surface area contributed by atoms with Crippen molar-refractivity contribution in [3.05, 3.63) is 34.9 Å². The molecule has 10 nitrogen and oxygen atoms in total. The highest BCUT2D eigenvalue weighted by molar-refractivity contribution is 6.03. The number of aromatic carboxylic acids is 3. The van der Waals surface area contributed by atoms with Crippen LogP contribution in [0.4, 0.5) is 0 Å². The Morgan fingerprint density at radius 2 is 1.24 bits per heavy atom. The van der Waals surface area contributed by atoms with E-state index in [0.29, 0.717) is 6.42 Å². The van der Waals surface area contributed by atoms with E-state index in [0.717, 1.165) is 31.5 Å². The van der Waals surface area contributed by atoms with Crippen LogP contribution < -0.4 is 0 Å². The standard InChI is InChI=1S/C9H6O6.C4H8O2.C2H4O2/c10-7(11)4-1-2-5(8(12)13)6(3-4)9(14)15;1-2-3-4(5)6;1-2(3)4/h1-3H,(H,10,11)(H,12,13)(H,14,15);2-3H2,1H3,(H,5,6);1H3,(H,3,4). The smallest absolute Gasteiger partial charge is 0.336 e. The molecule has 1 aromatic carbocycles. The summed E-state index contributed by atoms with van der Waals surface area (Å²) in [6, 6.07) is 2.81. The van der Waals surface area contributed by atoms with Gasteiger partial charge in [-0.15, -0.1) is 0 Å². The molecule has 0 bridgehead atoms. The van der Waals surface area contributed by atoms with Gasteiger partial charge in [-0.1, -0.05) is 6.92 Å². The zero-order valence-corrected chi connectivity index (χ0v) is 13.4. The number of carboxylic acids is 5. The quantitative estimate of drug-likeness (QED) is 0.518. The summed E-state index contributed by atoms with van der Waals surface area (Å²) < 4.78 is 0. The Labute approximate surface area is 142 Å². The Balaban J connectivity index is 0. The molecule has 0 fully saturated rings. The molecule has 25 heavy (non-hydrogen) atoms. The lowest BCUT2D eigenvalue weighted by Gasteiger charge is -2.02. The van der Waals surface area contributed by atoms with Crippen LogP contribution in [-0.2, 0) is 9.59 Å². The first-order valence-electron chi connectivity index (χ1n) is 6.69. The minimum Gasteiger partial charge on any atom is -0.481 e. The van der Waals surface area contributed by atoms with E-state index in [-0.39, 0.29) is 5.56 Å². The SMILES string of the molecule is CC(=O)O.CCCC(=O)O.O=C(O)c1ccc(C(=O)O)c(C(=O)O)c1. The monoisotopic (exact) mass is 358 g/mol. The lowest BCUT2D eigenvalue weighted by molar-refractivity contribution is -0.137. The van der Waals surface area contributed by atoms with Crippen LogP contribution in [0.2, 0.25) is 0 Å². The van der Waals surface area contributed by atoms with Crippen LogP contribution in [-0.4, -0.2) is 55.4 Å². The molecule has 0 saturated heterocycles. The third-order valence-corrected chi connectivity index (χ3v) is 2.19. The van der Waals surface area contributed by atoms with Gasteiger partial charge >= 0.3 is 23.9 Å². The average molecular weight is 358 g/mol. The third kappa shape index (κ3) is 11.8. The van der Waals surface area contributed by atoms with Gasteiger partial charge in [0.1, 0.15) is 0 Å². The predicted molar refractivity (Wildman–Crippen MR) is 83.2 cm³/mol. The zero-order chi connectivity index (χ0) is 20.2. The fraction of sp³-hybridized carbons (Fsp3) is 0.267. The molecule has 0 aliphatic carbocycles. The highest BCUT2D eigenvalue weighted by atomic mass is 16.4. The Hall–Kier alpha value is -3.43. The molecule has 0 aliphatic heterocycles. The van der Waals surface area contributed by atoms with E-state index in [2.05, 4.69) is 0 Å². The van der Waals surface area contributed by atoms with Crippen molar-refractivity contribution in [2.24, 2.45) is 0 Å². The van der Waals surface area contributed by atoms with E-state index >= 15 is 0 Å². The van der Waals surface area contributed by atoms with Gasteiger partial charge in [-0.3, -0.25) is 9.59 Å². The second-order valence-electron chi connectivity index (χ2n) is 4.34. The summed E-state index contributed by atoms with van der Waals surface area (Å²) in [6.45, 7) is 2.92. The van der Waals surface area contributed by atoms with Gasteiger partial charge in [-0.25, -0.2) is 14.4 Å². The molecule has 0 heterocycles. The highest BCUT2D eigenvalue weighted by Crippen LogP contribution is 2.12. The molecule has 138 valence electrons. The number of hydrogen-bond acceptors (Lipinski definition) is 5. The van der Waals surface area contributed by atoms with Crippen molar-refractivity contribution >= 4 is 29.8 Å². The van der Waals surface area contributed by atoms with Crippen LogP contribution in [0, 0.1) is 0 Å². The highest BCUT2D eigenvalue weighted by Gasteiger charge is 2.17. The molecule has 5 N–H and O–H groups in total. The van der Waals surface area contributed by atoms with Crippen molar-refractivity contribution < 1.29 is 49.5 Å². The fourth-order valence-electron chi connectivity index (χ4n) is 1.25. The van der Waals surface area contributed by atoms with Crippen LogP contribution >= 0.6 is 0 Å². The molecular weight excluding hydrogens is 340 g/mol. The number of benzene rings is 1. The van der Waals surface area contributed by atoms with Crippen molar-refractivity contribution in [2.45, 2.75) is 26.7 Å². The van der Waals surface area contributed by atoms with Crippen LogP contribution in [0.15, 0.2) is 18.2 Å². The number of carbonyl (C=O) groups is 5. The van der Waals surface area contributed by atoms with Crippen molar-refractivity contribution in [1.82, 2.24) is 0 Å². The topological polar surface area (TPSA) is 186 Å². The second-order valence-corrected chi connectivity index (χ2v) is 4.34. The van der Waals surface area contributed by atoms with E-state index in [4.69, 9.17) is 30.3 Å². The molecular formula is C15H18O10. The molecule has 10 heteroatoms. The Bertz CT molecular complexity index is 644. The van der Waals surface area contributed by atoms with Gasteiger partial charge in [0, 0.05) is 13.3 Å². The van der Waals surface area contributed by atoms with E-state index in [1.54, 1.807) is 0 Å². The number of aliphatic carboxylic acids is 2. The first-order chi connectivity index (χ1) is 11.4. The Morgan fingerprint density at radius 1 is 0.800 bits per heavy atom. The summed E-state index contributed by atoms with van der Waals surface area (Å²) in [5.41, 5.74) is -1.24. The molecule has 0 aliphatic rings. The number of rotatable bonds is 5. The first kappa shape index (κ1) is 23.8. The van der Waals surface area contributed by atoms with Gasteiger partial charge in [-0.05, 0) is 24.6 Å². The number of carboxylic acid groups (broad SMARTS) is 5. The summed E-state index contributed by atoms with van der Waals surface area (Å²) in [5.74, 6) is -5.74. The molecule has 0 saturated carbocycles. The fourth-order valence-corrected chi connectivity index (χ4v) is 1.25. The van der Waals surface area contributed by atoms with Gasteiger partial charge in [-0.2, -0.15) is 0 Å². The van der Waals surface area contributed by atoms with Gasteiger partial charge in [0.05, 0.1) is 16.7 Å². The van der Waals surface area contributed by atoms with Gasteiger partial charge in [0.25, 0.3) is 5.97 Å². The van der Waals surface area contributed by atoms with Gasteiger partial charge in [0.15, 0.2) is 0 Å². The van der Waals surface area contributed by atoms with Gasteiger partial charge in [0.2, 0.25) is 0 Å². The van der Waals surface area contributed by atoms with Crippen LogP contribution in [0.3, 0.4) is 0 Å². The maximum atomic E-state index is 10.6. The van der Waals surface area contributed by atoms with Gasteiger partial charge < -0.3 is 25.5 Å². The normalized spacial score (nSPS) is 8.72. The van der Waals surface area contributed by atoms with E-state index in [1.807, 2.05) is 6.92 Å². The second kappa shape index (κ2) is 12.0. The van der Waals surface area contributed by atoms with Crippen molar-refractivity contribution in [3.8, 4) is 0 Å². The minimum absolute atomic E-state index is 0.266. The predicted octanol–water partition coefficient (Wildman–Crippen LogP) is 1.74. The molecule has 0 spiro atoms. The van der Waals surface area contributed by atoms with Crippen LogP contribution in [0.25, 0.3) is 0 Å². The van der Waals surface area contributed by atoms with E-state index in [9.17, 15) is 19.2 Å². The molecule has 0 atom stereocenters. The average Bonchev–Trinajstić information content (AvgIpc) is 2.46. The zero-order valence-electron chi connectivity index (χ0n) is 13.4. The maximum absolute atomic E-state index is 10.6. The van der Waals surface area contributed by atoms with Crippen molar-refractivity contribution in [2.75, 3.05) is 0 Å². The molecule has 0 amide bonds. The van der Waals surface area contributed by atoms with E-state index < -0.39 is 41.0 Å². The van der Waals surface area contributed by atoms with Crippen LogP contribution in [0.1, 0.15) is 57.8 Å². The summed E-state index contributed by atoms with van der Waals surface area (Å²) >= 11 is 0. The Kier molecular flexibility index (Phi) is 11.5. The first-order valence-corrected chi connectivity index (χ1v) is 6.69. The molecule has 1 rings (SSSR count). The Morgan fingerprint density at radius 3 is 1.48 bits per heavy atom. The molecule has 0 unspecified atom stereocenters. The lowest BCUT2D eigenvalue weighted by Crippen LogP contribution is -2.10. The largest absolute Gasteiger partial charge is 0.481 e. The molecule has 1 aromatic rings. The minimum atomic E-state index is -1.48. The summed E-state index contributed by atoms with van der Waals surface area (Å²) in [7, 11) is 0. The maximum Gasteiger partial charge on any atom is 0.336 e.